The Bertz CT molecular complexity index is 1100. The number of nitrogens with zero attached hydrogens (tertiary/aromatic N) is 4. The molecule has 4 heterocycles. The lowest BCUT2D eigenvalue weighted by molar-refractivity contribution is 0.0697. The van der Waals surface area contributed by atoms with Crippen molar-refractivity contribution in [1.29, 1.82) is 0 Å². The maximum atomic E-state index is 11.6. The summed E-state index contributed by atoms with van der Waals surface area (Å²) in [6.07, 6.45) is 3.34. The monoisotopic (exact) mass is 354 g/mol. The van der Waals surface area contributed by atoms with Crippen molar-refractivity contribution in [3.05, 3.63) is 84.7 Å². The van der Waals surface area contributed by atoms with Crippen LogP contribution in [0.25, 0.3) is 34.2 Å². The minimum atomic E-state index is -1.03. The molecule has 130 valence electrons. The zero-order chi connectivity index (χ0) is 18.6. The van der Waals surface area contributed by atoms with Crippen molar-refractivity contribution in [3.63, 3.8) is 0 Å². The van der Waals surface area contributed by atoms with E-state index in [0.29, 0.717) is 28.5 Å². The number of rotatable bonds is 4. The highest BCUT2D eigenvalue weighted by Gasteiger charge is 2.13. The number of carboxylic acid groups (broad SMARTS) is 1. The van der Waals surface area contributed by atoms with Gasteiger partial charge in [-0.3, -0.25) is 9.97 Å². The molecule has 0 unspecified atom stereocenters. The molecule has 0 atom stereocenters. The Kier molecular flexibility index (Phi) is 4.37. The average molecular weight is 354 g/mol. The van der Waals surface area contributed by atoms with Gasteiger partial charge in [0.2, 0.25) is 0 Å². The Morgan fingerprint density at radius 3 is 1.67 bits per heavy atom. The first kappa shape index (κ1) is 16.5. The van der Waals surface area contributed by atoms with Crippen LogP contribution in [0.1, 0.15) is 10.4 Å². The van der Waals surface area contributed by atoms with Gasteiger partial charge in [0.25, 0.3) is 0 Å². The fourth-order valence-electron chi connectivity index (χ4n) is 2.67. The highest BCUT2D eigenvalue weighted by molar-refractivity contribution is 5.90. The largest absolute Gasteiger partial charge is 0.478 e. The van der Waals surface area contributed by atoms with Crippen LogP contribution in [0.4, 0.5) is 0 Å². The Balaban J connectivity index is 1.84. The van der Waals surface area contributed by atoms with Crippen LogP contribution in [0, 0.1) is 0 Å². The minimum Gasteiger partial charge on any atom is -0.478 e. The molecule has 0 aliphatic carbocycles. The summed E-state index contributed by atoms with van der Waals surface area (Å²) in [4.78, 5) is 29.3. The molecule has 4 aromatic rings. The van der Waals surface area contributed by atoms with Gasteiger partial charge in [-0.2, -0.15) is 0 Å². The Morgan fingerprint density at radius 1 is 0.630 bits per heavy atom. The smallest absolute Gasteiger partial charge is 0.335 e. The van der Waals surface area contributed by atoms with E-state index in [1.165, 1.54) is 12.1 Å². The number of carboxylic acids is 1. The van der Waals surface area contributed by atoms with Crippen LogP contribution >= 0.6 is 0 Å². The van der Waals surface area contributed by atoms with Gasteiger partial charge in [-0.05, 0) is 48.5 Å². The second-order valence-electron chi connectivity index (χ2n) is 5.77. The molecule has 0 saturated carbocycles. The molecule has 0 spiro atoms. The predicted octanol–water partition coefficient (Wildman–Crippen LogP) is 3.97. The van der Waals surface area contributed by atoms with Crippen LogP contribution in [0.2, 0.25) is 0 Å². The van der Waals surface area contributed by atoms with E-state index in [4.69, 9.17) is 0 Å². The molecule has 0 fully saturated rings. The molecular weight excluding hydrogens is 340 g/mol. The Labute approximate surface area is 155 Å². The van der Waals surface area contributed by atoms with E-state index in [-0.39, 0.29) is 5.56 Å². The number of aromatic nitrogens is 4. The maximum Gasteiger partial charge on any atom is 0.335 e. The molecule has 4 aromatic heterocycles. The van der Waals surface area contributed by atoms with Gasteiger partial charge >= 0.3 is 5.97 Å². The van der Waals surface area contributed by atoms with Crippen molar-refractivity contribution in [3.8, 4) is 34.2 Å². The summed E-state index contributed by atoms with van der Waals surface area (Å²) < 4.78 is 0. The summed E-state index contributed by atoms with van der Waals surface area (Å²) in [5.74, 6) is -1.03. The molecule has 0 aliphatic rings. The number of aromatic carboxylic acids is 1. The molecule has 4 rings (SSSR count). The van der Waals surface area contributed by atoms with Gasteiger partial charge in [0.1, 0.15) is 0 Å². The SMILES string of the molecule is O=C(O)c1cc(-c2ccccn2)nc(-c2cccc(-c3ccccn3)n2)c1. The third-order valence-electron chi connectivity index (χ3n) is 3.94. The lowest BCUT2D eigenvalue weighted by atomic mass is 10.1. The first-order valence-corrected chi connectivity index (χ1v) is 8.26. The molecular formula is C21H14N4O2. The highest BCUT2D eigenvalue weighted by Crippen LogP contribution is 2.24. The molecule has 0 amide bonds. The van der Waals surface area contributed by atoms with Crippen LogP contribution in [0.15, 0.2) is 79.1 Å². The number of pyridine rings is 4. The van der Waals surface area contributed by atoms with E-state index < -0.39 is 5.97 Å². The molecule has 0 bridgehead atoms. The Morgan fingerprint density at radius 2 is 1.11 bits per heavy atom. The molecule has 6 nitrogen and oxygen atoms in total. The van der Waals surface area contributed by atoms with Gasteiger partial charge in [-0.25, -0.2) is 14.8 Å². The van der Waals surface area contributed by atoms with Gasteiger partial charge in [0.05, 0.1) is 39.7 Å². The molecule has 0 aromatic carbocycles. The summed E-state index contributed by atoms with van der Waals surface area (Å²) in [5.41, 5.74) is 3.67. The number of hydrogen-bond acceptors (Lipinski definition) is 5. The van der Waals surface area contributed by atoms with Crippen molar-refractivity contribution in [1.82, 2.24) is 19.9 Å². The van der Waals surface area contributed by atoms with Crippen molar-refractivity contribution < 1.29 is 9.90 Å². The van der Waals surface area contributed by atoms with E-state index in [0.717, 1.165) is 5.69 Å². The molecule has 6 heteroatoms. The normalized spacial score (nSPS) is 10.5. The van der Waals surface area contributed by atoms with Crippen LogP contribution in [-0.2, 0) is 0 Å². The molecule has 0 saturated heterocycles. The lowest BCUT2D eigenvalue weighted by Gasteiger charge is -2.08. The van der Waals surface area contributed by atoms with Gasteiger partial charge in [0.15, 0.2) is 0 Å². The fraction of sp³-hybridized carbons (Fsp3) is 0. The average Bonchev–Trinajstić information content (AvgIpc) is 2.75. The van der Waals surface area contributed by atoms with Crippen molar-refractivity contribution in [2.75, 3.05) is 0 Å². The summed E-state index contributed by atoms with van der Waals surface area (Å²) in [5, 5.41) is 9.48. The predicted molar refractivity (Wildman–Crippen MR) is 101 cm³/mol. The fourth-order valence-corrected chi connectivity index (χ4v) is 2.67. The Hall–Kier alpha value is -3.93. The van der Waals surface area contributed by atoms with E-state index in [1.807, 2.05) is 36.4 Å². The zero-order valence-electron chi connectivity index (χ0n) is 14.1. The molecule has 1 N–H and O–H groups in total. The summed E-state index contributed by atoms with van der Waals surface area (Å²) >= 11 is 0. The van der Waals surface area contributed by atoms with E-state index in [2.05, 4.69) is 19.9 Å². The lowest BCUT2D eigenvalue weighted by Crippen LogP contribution is -2.01. The molecule has 27 heavy (non-hydrogen) atoms. The second kappa shape index (κ2) is 7.13. The first-order valence-electron chi connectivity index (χ1n) is 8.26. The van der Waals surface area contributed by atoms with Gasteiger partial charge < -0.3 is 5.11 Å². The molecule has 0 aliphatic heterocycles. The van der Waals surface area contributed by atoms with Gasteiger partial charge in [-0.15, -0.1) is 0 Å². The standard InChI is InChI=1S/C21H14N4O2/c26-21(27)14-12-19(16-7-2-4-11-23-16)25-20(13-14)18-9-5-8-17(24-18)15-6-1-3-10-22-15/h1-13H,(H,26,27). The van der Waals surface area contributed by atoms with Gasteiger partial charge in [-0.1, -0.05) is 18.2 Å². The summed E-state index contributed by atoms with van der Waals surface area (Å²) in [7, 11) is 0. The van der Waals surface area contributed by atoms with Crippen LogP contribution in [0.5, 0.6) is 0 Å². The number of hydrogen-bond donors (Lipinski definition) is 1. The van der Waals surface area contributed by atoms with Crippen molar-refractivity contribution in [2.45, 2.75) is 0 Å². The third kappa shape index (κ3) is 3.55. The van der Waals surface area contributed by atoms with E-state index in [9.17, 15) is 9.90 Å². The van der Waals surface area contributed by atoms with Crippen LogP contribution in [-0.4, -0.2) is 31.0 Å². The number of carbonyl (C=O) groups is 1. The van der Waals surface area contributed by atoms with Crippen molar-refractivity contribution >= 4 is 5.97 Å². The third-order valence-corrected chi connectivity index (χ3v) is 3.94. The van der Waals surface area contributed by atoms with Crippen molar-refractivity contribution in [2.24, 2.45) is 0 Å². The summed E-state index contributed by atoms with van der Waals surface area (Å²) in [6.45, 7) is 0. The minimum absolute atomic E-state index is 0.130. The van der Waals surface area contributed by atoms with Crippen LogP contribution < -0.4 is 0 Å². The topological polar surface area (TPSA) is 88.9 Å². The van der Waals surface area contributed by atoms with E-state index in [1.54, 1.807) is 30.6 Å². The quantitative estimate of drug-likeness (QED) is 0.596. The summed E-state index contributed by atoms with van der Waals surface area (Å²) in [6, 6.07) is 19.5. The highest BCUT2D eigenvalue weighted by atomic mass is 16.4. The second-order valence-corrected chi connectivity index (χ2v) is 5.77. The zero-order valence-corrected chi connectivity index (χ0v) is 14.1. The first-order chi connectivity index (χ1) is 13.2. The van der Waals surface area contributed by atoms with E-state index >= 15 is 0 Å². The molecule has 0 radical (unpaired) electrons. The maximum absolute atomic E-state index is 11.6. The van der Waals surface area contributed by atoms with Gasteiger partial charge in [0, 0.05) is 12.4 Å². The van der Waals surface area contributed by atoms with Crippen LogP contribution in [0.3, 0.4) is 0 Å².